The molecular weight excluding hydrogens is 376 g/mol. The Hall–Kier alpha value is -2.83. The maximum Gasteiger partial charge on any atom is 0.195 e. The largest absolute Gasteiger partial charge is 0.490 e. The van der Waals surface area contributed by atoms with Gasteiger partial charge in [0.25, 0.3) is 0 Å². The number of nitrogens with zero attached hydrogens (tertiary/aromatic N) is 3. The average molecular weight is 407 g/mol. The summed E-state index contributed by atoms with van der Waals surface area (Å²) in [5.74, 6) is 4.41. The lowest BCUT2D eigenvalue weighted by molar-refractivity contribution is 0.412. The van der Waals surface area contributed by atoms with Crippen LogP contribution in [-0.4, -0.2) is 25.2 Å². The SMILES string of the molecule is COc1c(N)nc(-c2cccc(C#N)c2)nc1C#C[Si](C(C)C)(C(C)C)C(C)C. The van der Waals surface area contributed by atoms with Gasteiger partial charge in [0.2, 0.25) is 0 Å². The lowest BCUT2D eigenvalue weighted by Gasteiger charge is -2.38. The molecule has 6 heteroatoms. The number of ether oxygens (including phenoxy) is 1. The molecule has 5 nitrogen and oxygen atoms in total. The van der Waals surface area contributed by atoms with Crippen LogP contribution >= 0.6 is 0 Å². The molecule has 0 radical (unpaired) electrons. The van der Waals surface area contributed by atoms with Gasteiger partial charge in [-0.2, -0.15) is 5.26 Å². The number of rotatable bonds is 5. The molecule has 0 saturated carbocycles. The average Bonchev–Trinajstić information content (AvgIpc) is 2.67. The maximum absolute atomic E-state index is 9.18. The fourth-order valence-electron chi connectivity index (χ4n) is 4.21. The fraction of sp³-hybridized carbons (Fsp3) is 0.435. The third-order valence-electron chi connectivity index (χ3n) is 5.61. The highest BCUT2D eigenvalue weighted by Crippen LogP contribution is 2.41. The summed E-state index contributed by atoms with van der Waals surface area (Å²) in [5.41, 5.74) is 13.1. The molecule has 0 saturated heterocycles. The molecule has 0 aliphatic carbocycles. The molecule has 0 unspecified atom stereocenters. The van der Waals surface area contributed by atoms with Gasteiger partial charge in [-0.15, -0.1) is 5.54 Å². The van der Waals surface area contributed by atoms with Crippen molar-refractivity contribution in [3.05, 3.63) is 35.5 Å². The molecule has 1 aromatic carbocycles. The number of hydrogen-bond acceptors (Lipinski definition) is 5. The van der Waals surface area contributed by atoms with Crippen molar-refractivity contribution in [2.45, 2.75) is 58.2 Å². The highest BCUT2D eigenvalue weighted by molar-refractivity contribution is 6.90. The normalized spacial score (nSPS) is 11.3. The predicted molar refractivity (Wildman–Crippen MR) is 121 cm³/mol. The second-order valence-electron chi connectivity index (χ2n) is 8.15. The molecule has 1 heterocycles. The number of aromatic nitrogens is 2. The smallest absolute Gasteiger partial charge is 0.195 e. The first-order valence-corrected chi connectivity index (χ1v) is 12.2. The Bertz CT molecular complexity index is 959. The van der Waals surface area contributed by atoms with Crippen LogP contribution in [-0.2, 0) is 0 Å². The minimum absolute atomic E-state index is 0.245. The molecule has 0 atom stereocenters. The summed E-state index contributed by atoms with van der Waals surface area (Å²) in [6.45, 7) is 13.6. The Morgan fingerprint density at radius 3 is 2.17 bits per heavy atom. The number of nitrogens with two attached hydrogens (primary N) is 1. The Balaban J connectivity index is 2.69. The van der Waals surface area contributed by atoms with Gasteiger partial charge >= 0.3 is 0 Å². The van der Waals surface area contributed by atoms with Gasteiger partial charge in [-0.05, 0) is 34.7 Å². The zero-order chi connectivity index (χ0) is 21.8. The number of hydrogen-bond donors (Lipinski definition) is 1. The summed E-state index contributed by atoms with van der Waals surface area (Å²) in [6, 6.07) is 9.28. The maximum atomic E-state index is 9.18. The van der Waals surface area contributed by atoms with E-state index in [9.17, 15) is 5.26 Å². The molecule has 0 fully saturated rings. The van der Waals surface area contributed by atoms with E-state index in [4.69, 9.17) is 10.5 Å². The highest BCUT2D eigenvalue weighted by atomic mass is 28.3. The van der Waals surface area contributed by atoms with E-state index in [2.05, 4.69) is 69.0 Å². The Kier molecular flexibility index (Phi) is 7.05. The van der Waals surface area contributed by atoms with Crippen LogP contribution in [0.15, 0.2) is 24.3 Å². The van der Waals surface area contributed by atoms with Gasteiger partial charge in [-0.3, -0.25) is 0 Å². The van der Waals surface area contributed by atoms with Crippen molar-refractivity contribution in [2.24, 2.45) is 0 Å². The first-order chi connectivity index (χ1) is 13.7. The molecule has 2 aromatic rings. The molecule has 0 amide bonds. The summed E-state index contributed by atoms with van der Waals surface area (Å²) in [7, 11) is -0.386. The van der Waals surface area contributed by atoms with Gasteiger partial charge in [0, 0.05) is 5.56 Å². The van der Waals surface area contributed by atoms with E-state index in [0.717, 1.165) is 5.56 Å². The minimum Gasteiger partial charge on any atom is -0.490 e. The van der Waals surface area contributed by atoms with Crippen LogP contribution in [0.5, 0.6) is 5.75 Å². The molecule has 1 aromatic heterocycles. The third kappa shape index (κ3) is 4.44. The summed E-state index contributed by atoms with van der Waals surface area (Å²) in [4.78, 5) is 9.03. The highest BCUT2D eigenvalue weighted by Gasteiger charge is 2.41. The van der Waals surface area contributed by atoms with Gasteiger partial charge in [0.05, 0.1) is 18.7 Å². The van der Waals surface area contributed by atoms with Crippen molar-refractivity contribution in [2.75, 3.05) is 12.8 Å². The zero-order valence-corrected chi connectivity index (χ0v) is 19.4. The standard InChI is InChI=1S/C23H30N4OSi/c1-15(2)29(16(3)4,17(5)6)12-11-20-21(28-7)22(25)27-23(26-20)19-10-8-9-18(13-19)14-24/h8-10,13,15-17H,1-7H3,(H2,25,26,27). The van der Waals surface area contributed by atoms with Crippen molar-refractivity contribution in [3.8, 4) is 34.7 Å². The second kappa shape index (κ2) is 9.11. The molecule has 29 heavy (non-hydrogen) atoms. The van der Waals surface area contributed by atoms with Crippen LogP contribution in [0.25, 0.3) is 11.4 Å². The molecular formula is C23H30N4OSi. The van der Waals surface area contributed by atoms with E-state index >= 15 is 0 Å². The molecule has 0 aliphatic heterocycles. The van der Waals surface area contributed by atoms with Crippen molar-refractivity contribution in [1.29, 1.82) is 5.26 Å². The number of nitrogen functional groups attached to an aromatic ring is 1. The summed E-state index contributed by atoms with van der Waals surface area (Å²) in [5, 5.41) is 9.18. The molecule has 0 aliphatic rings. The first kappa shape index (κ1) is 22.5. The Morgan fingerprint density at radius 1 is 1.03 bits per heavy atom. The van der Waals surface area contributed by atoms with Crippen LogP contribution in [0.4, 0.5) is 5.82 Å². The van der Waals surface area contributed by atoms with E-state index in [0.29, 0.717) is 39.5 Å². The minimum atomic E-state index is -1.94. The topological polar surface area (TPSA) is 84.8 Å². The second-order valence-corrected chi connectivity index (χ2v) is 13.7. The molecule has 2 rings (SSSR count). The van der Waals surface area contributed by atoms with E-state index in [1.54, 1.807) is 25.3 Å². The van der Waals surface area contributed by atoms with Crippen LogP contribution in [0.1, 0.15) is 52.8 Å². The van der Waals surface area contributed by atoms with Crippen LogP contribution in [0.3, 0.4) is 0 Å². The van der Waals surface area contributed by atoms with Gasteiger partial charge < -0.3 is 10.5 Å². The van der Waals surface area contributed by atoms with E-state index in [1.165, 1.54) is 0 Å². The van der Waals surface area contributed by atoms with Crippen molar-refractivity contribution in [3.63, 3.8) is 0 Å². The van der Waals surface area contributed by atoms with Gasteiger partial charge in [0.1, 0.15) is 8.07 Å². The van der Waals surface area contributed by atoms with Gasteiger partial charge in [-0.1, -0.05) is 53.7 Å². The van der Waals surface area contributed by atoms with E-state index in [-0.39, 0.29) is 5.82 Å². The predicted octanol–water partition coefficient (Wildman–Crippen LogP) is 5.18. The summed E-state index contributed by atoms with van der Waals surface area (Å²) >= 11 is 0. The lowest BCUT2D eigenvalue weighted by atomic mass is 10.1. The van der Waals surface area contributed by atoms with E-state index in [1.807, 2.05) is 6.07 Å². The number of methoxy groups -OCH3 is 1. The van der Waals surface area contributed by atoms with Crippen LogP contribution < -0.4 is 10.5 Å². The first-order valence-electron chi connectivity index (χ1n) is 9.92. The zero-order valence-electron chi connectivity index (χ0n) is 18.4. The molecule has 0 bridgehead atoms. The van der Waals surface area contributed by atoms with Crippen molar-refractivity contribution >= 4 is 13.9 Å². The molecule has 0 spiro atoms. The van der Waals surface area contributed by atoms with Crippen LogP contribution in [0, 0.1) is 22.8 Å². The van der Waals surface area contributed by atoms with Gasteiger partial charge in [0.15, 0.2) is 23.1 Å². The number of anilines is 1. The van der Waals surface area contributed by atoms with Gasteiger partial charge in [-0.25, -0.2) is 9.97 Å². The van der Waals surface area contributed by atoms with E-state index < -0.39 is 8.07 Å². The molecule has 2 N–H and O–H groups in total. The number of benzene rings is 1. The molecule has 152 valence electrons. The Labute approximate surface area is 175 Å². The van der Waals surface area contributed by atoms with Crippen molar-refractivity contribution in [1.82, 2.24) is 9.97 Å². The third-order valence-corrected chi connectivity index (χ3v) is 11.9. The van der Waals surface area contributed by atoms with Crippen LogP contribution in [0.2, 0.25) is 16.6 Å². The summed E-state index contributed by atoms with van der Waals surface area (Å²) < 4.78 is 5.47. The Morgan fingerprint density at radius 2 is 1.66 bits per heavy atom. The quantitative estimate of drug-likeness (QED) is 0.546. The monoisotopic (exact) mass is 406 g/mol. The van der Waals surface area contributed by atoms with Crippen molar-refractivity contribution < 1.29 is 4.74 Å². The summed E-state index contributed by atoms with van der Waals surface area (Å²) in [6.07, 6.45) is 0. The lowest BCUT2D eigenvalue weighted by Crippen LogP contribution is -2.43. The number of nitriles is 1. The fourth-order valence-corrected chi connectivity index (χ4v) is 9.41.